The van der Waals surface area contributed by atoms with Crippen LogP contribution < -0.4 is 5.32 Å². The number of benzene rings is 1. The SMILES string of the molecule is O=C(N[C@@H]1CCS(=O)(=O)C1)c1cc2c(s1)-c1ccccc1CC2. The summed E-state index contributed by atoms with van der Waals surface area (Å²) in [6.45, 7) is 0. The molecule has 1 amide bonds. The van der Waals surface area contributed by atoms with Gasteiger partial charge in [-0.25, -0.2) is 8.42 Å². The van der Waals surface area contributed by atoms with Crippen molar-refractivity contribution in [3.05, 3.63) is 46.3 Å². The Balaban J connectivity index is 1.58. The van der Waals surface area contributed by atoms with Crippen LogP contribution in [0.2, 0.25) is 0 Å². The summed E-state index contributed by atoms with van der Waals surface area (Å²) in [5, 5.41) is 2.88. The van der Waals surface area contributed by atoms with Gasteiger partial charge in [0, 0.05) is 10.9 Å². The summed E-state index contributed by atoms with van der Waals surface area (Å²) < 4.78 is 23.0. The van der Waals surface area contributed by atoms with E-state index in [1.54, 1.807) is 0 Å². The molecular weight excluding hydrogens is 330 g/mol. The molecule has 1 aromatic carbocycles. The number of nitrogens with one attached hydrogen (secondary N) is 1. The number of amides is 1. The standard InChI is InChI=1S/C17H17NO3S2/c19-17(18-13-7-8-23(20,21)10-13)15-9-12-6-5-11-3-1-2-4-14(11)16(12)22-15/h1-4,9,13H,5-8,10H2,(H,18,19)/t13-/m1/s1. The van der Waals surface area contributed by atoms with Crippen molar-refractivity contribution in [3.63, 3.8) is 0 Å². The molecule has 120 valence electrons. The third-order valence-corrected chi connectivity index (χ3v) is 7.50. The van der Waals surface area contributed by atoms with Gasteiger partial charge < -0.3 is 5.32 Å². The van der Waals surface area contributed by atoms with Gasteiger partial charge in [0.15, 0.2) is 9.84 Å². The fourth-order valence-electron chi connectivity index (χ4n) is 3.35. The first-order chi connectivity index (χ1) is 11.0. The zero-order valence-corrected chi connectivity index (χ0v) is 14.2. The Bertz CT molecular complexity index is 883. The summed E-state index contributed by atoms with van der Waals surface area (Å²) in [5.74, 6) is 0.0860. The molecule has 0 unspecified atom stereocenters. The van der Waals surface area contributed by atoms with Gasteiger partial charge in [-0.1, -0.05) is 24.3 Å². The molecule has 1 saturated heterocycles. The number of rotatable bonds is 2. The third-order valence-electron chi connectivity index (χ3n) is 4.53. The second-order valence-electron chi connectivity index (χ2n) is 6.20. The lowest BCUT2D eigenvalue weighted by atomic mass is 9.91. The molecule has 4 rings (SSSR count). The number of hydrogen-bond donors (Lipinski definition) is 1. The molecule has 1 aromatic heterocycles. The molecule has 1 atom stereocenters. The van der Waals surface area contributed by atoms with Crippen LogP contribution in [0.15, 0.2) is 30.3 Å². The molecule has 0 spiro atoms. The minimum atomic E-state index is -2.98. The third kappa shape index (κ3) is 2.81. The van der Waals surface area contributed by atoms with E-state index in [1.807, 2.05) is 18.2 Å². The molecule has 0 saturated carbocycles. The summed E-state index contributed by atoms with van der Waals surface area (Å²) >= 11 is 1.51. The van der Waals surface area contributed by atoms with Crippen molar-refractivity contribution in [2.45, 2.75) is 25.3 Å². The van der Waals surface area contributed by atoms with Crippen LogP contribution in [0.3, 0.4) is 0 Å². The monoisotopic (exact) mass is 347 g/mol. The zero-order valence-electron chi connectivity index (χ0n) is 12.5. The quantitative estimate of drug-likeness (QED) is 0.907. The number of sulfone groups is 1. The van der Waals surface area contributed by atoms with Crippen molar-refractivity contribution >= 4 is 27.1 Å². The van der Waals surface area contributed by atoms with Crippen LogP contribution in [0.5, 0.6) is 0 Å². The van der Waals surface area contributed by atoms with E-state index in [-0.39, 0.29) is 23.5 Å². The highest BCUT2D eigenvalue weighted by Crippen LogP contribution is 2.39. The van der Waals surface area contributed by atoms with E-state index >= 15 is 0 Å². The average molecular weight is 347 g/mol. The van der Waals surface area contributed by atoms with E-state index in [0.717, 1.165) is 12.8 Å². The van der Waals surface area contributed by atoms with Gasteiger partial charge in [0.1, 0.15) is 0 Å². The van der Waals surface area contributed by atoms with Gasteiger partial charge in [0.05, 0.1) is 16.4 Å². The minimum Gasteiger partial charge on any atom is -0.348 e. The Kier molecular flexibility index (Phi) is 3.54. The minimum absolute atomic E-state index is 0.0622. The normalized spacial score (nSPS) is 21.5. The highest BCUT2D eigenvalue weighted by molar-refractivity contribution is 7.91. The fourth-order valence-corrected chi connectivity index (χ4v) is 6.20. The molecule has 2 aliphatic rings. The number of carbonyl (C=O) groups excluding carboxylic acids is 1. The molecule has 1 aliphatic heterocycles. The topological polar surface area (TPSA) is 63.2 Å². The second kappa shape index (κ2) is 5.46. The van der Waals surface area contributed by atoms with Gasteiger partial charge in [-0.2, -0.15) is 0 Å². The maximum Gasteiger partial charge on any atom is 0.261 e. The summed E-state index contributed by atoms with van der Waals surface area (Å²) in [6, 6.07) is 10.0. The molecule has 2 aromatic rings. The molecule has 0 bridgehead atoms. The van der Waals surface area contributed by atoms with Crippen LogP contribution in [0.25, 0.3) is 10.4 Å². The number of hydrogen-bond acceptors (Lipinski definition) is 4. The number of fused-ring (bicyclic) bond motifs is 3. The molecule has 1 N–H and O–H groups in total. The van der Waals surface area contributed by atoms with E-state index in [9.17, 15) is 13.2 Å². The van der Waals surface area contributed by atoms with Crippen molar-refractivity contribution in [2.75, 3.05) is 11.5 Å². The predicted octanol–water partition coefficient (Wildman–Crippen LogP) is 2.43. The van der Waals surface area contributed by atoms with Crippen LogP contribution in [-0.4, -0.2) is 31.9 Å². The predicted molar refractivity (Wildman–Crippen MR) is 91.7 cm³/mol. The second-order valence-corrected chi connectivity index (χ2v) is 9.48. The van der Waals surface area contributed by atoms with E-state index in [2.05, 4.69) is 17.4 Å². The van der Waals surface area contributed by atoms with Gasteiger partial charge in [0.2, 0.25) is 0 Å². The Morgan fingerprint density at radius 3 is 2.74 bits per heavy atom. The van der Waals surface area contributed by atoms with Crippen molar-refractivity contribution < 1.29 is 13.2 Å². The summed E-state index contributed by atoms with van der Waals surface area (Å²) in [6.07, 6.45) is 2.47. The first-order valence-electron chi connectivity index (χ1n) is 7.74. The summed E-state index contributed by atoms with van der Waals surface area (Å²) in [4.78, 5) is 14.3. The molecule has 1 fully saturated rings. The fraction of sp³-hybridized carbons (Fsp3) is 0.353. The Labute approximate surface area is 139 Å². The van der Waals surface area contributed by atoms with E-state index in [0.29, 0.717) is 11.3 Å². The van der Waals surface area contributed by atoms with Gasteiger partial charge in [-0.15, -0.1) is 11.3 Å². The molecule has 6 heteroatoms. The van der Waals surface area contributed by atoms with Crippen molar-refractivity contribution in [3.8, 4) is 10.4 Å². The van der Waals surface area contributed by atoms with E-state index in [4.69, 9.17) is 0 Å². The van der Waals surface area contributed by atoms with Crippen molar-refractivity contribution in [2.24, 2.45) is 0 Å². The lowest BCUT2D eigenvalue weighted by molar-refractivity contribution is 0.0945. The Hall–Kier alpha value is -1.66. The van der Waals surface area contributed by atoms with Gasteiger partial charge in [-0.3, -0.25) is 4.79 Å². The van der Waals surface area contributed by atoms with Gasteiger partial charge in [-0.05, 0) is 42.0 Å². The highest BCUT2D eigenvalue weighted by Gasteiger charge is 2.30. The molecule has 0 radical (unpaired) electrons. The number of aryl methyl sites for hydroxylation is 2. The van der Waals surface area contributed by atoms with Gasteiger partial charge >= 0.3 is 0 Å². The molecule has 4 nitrogen and oxygen atoms in total. The largest absolute Gasteiger partial charge is 0.348 e. The Morgan fingerprint density at radius 2 is 1.96 bits per heavy atom. The lowest BCUT2D eigenvalue weighted by Crippen LogP contribution is -2.35. The summed E-state index contributed by atoms with van der Waals surface area (Å²) in [7, 11) is -2.98. The van der Waals surface area contributed by atoms with Crippen LogP contribution in [0.4, 0.5) is 0 Å². The van der Waals surface area contributed by atoms with Crippen molar-refractivity contribution in [1.29, 1.82) is 0 Å². The van der Waals surface area contributed by atoms with Crippen LogP contribution in [-0.2, 0) is 22.7 Å². The maximum absolute atomic E-state index is 12.4. The molecule has 23 heavy (non-hydrogen) atoms. The number of carbonyl (C=O) groups is 1. The lowest BCUT2D eigenvalue weighted by Gasteiger charge is -2.15. The maximum atomic E-state index is 12.4. The molecule has 2 heterocycles. The smallest absolute Gasteiger partial charge is 0.261 e. The van der Waals surface area contributed by atoms with Crippen LogP contribution >= 0.6 is 11.3 Å². The van der Waals surface area contributed by atoms with Gasteiger partial charge in [0.25, 0.3) is 5.91 Å². The zero-order chi connectivity index (χ0) is 16.0. The average Bonchev–Trinajstić information content (AvgIpc) is 3.10. The van der Waals surface area contributed by atoms with Crippen LogP contribution in [0.1, 0.15) is 27.2 Å². The first-order valence-corrected chi connectivity index (χ1v) is 10.4. The highest BCUT2D eigenvalue weighted by atomic mass is 32.2. The molecule has 1 aliphatic carbocycles. The number of thiophene rings is 1. The first kappa shape index (κ1) is 14.9. The Morgan fingerprint density at radius 1 is 1.17 bits per heavy atom. The summed E-state index contributed by atoms with van der Waals surface area (Å²) in [5.41, 5.74) is 3.77. The molecular formula is C17H17NO3S2. The van der Waals surface area contributed by atoms with E-state index < -0.39 is 9.84 Å². The van der Waals surface area contributed by atoms with Crippen molar-refractivity contribution in [1.82, 2.24) is 5.32 Å². The van der Waals surface area contributed by atoms with E-state index in [1.165, 1.54) is 32.9 Å². The van der Waals surface area contributed by atoms with Crippen LogP contribution in [0, 0.1) is 0 Å².